The number of benzene rings is 3. The smallest absolute Gasteiger partial charge is 0.253 e. The third kappa shape index (κ3) is 7.90. The molecule has 0 radical (unpaired) electrons. The van der Waals surface area contributed by atoms with Crippen molar-refractivity contribution < 1.29 is 13.6 Å². The van der Waals surface area contributed by atoms with Gasteiger partial charge in [-0.15, -0.1) is 0 Å². The molecular weight excluding hydrogens is 552 g/mol. The number of halogens is 2. The summed E-state index contributed by atoms with van der Waals surface area (Å²) in [6.45, 7) is 18.6. The Kier molecular flexibility index (Phi) is 10.9. The number of aryl methyl sites for hydroxylation is 1. The molecule has 0 spiro atoms. The molecule has 0 bridgehead atoms. The summed E-state index contributed by atoms with van der Waals surface area (Å²) in [7, 11) is 0. The number of nitrogens with zero attached hydrogens (tertiary/aromatic N) is 3. The van der Waals surface area contributed by atoms with Gasteiger partial charge in [0.15, 0.2) is 0 Å². The number of aliphatic imine (C=N–C) groups is 1. The summed E-state index contributed by atoms with van der Waals surface area (Å²) in [5.41, 5.74) is 8.13. The summed E-state index contributed by atoms with van der Waals surface area (Å²) in [4.78, 5) is 22.7. The van der Waals surface area contributed by atoms with Crippen LogP contribution in [0, 0.1) is 24.5 Å². The number of carbonyl (C=O) groups is 1. The first-order valence-electron chi connectivity index (χ1n) is 15.6. The van der Waals surface area contributed by atoms with Crippen molar-refractivity contribution in [2.75, 3.05) is 13.1 Å². The maximum Gasteiger partial charge on any atom is 0.253 e. The Balaban J connectivity index is 1.48. The van der Waals surface area contributed by atoms with Crippen LogP contribution in [0.2, 0.25) is 0 Å². The second-order valence-corrected chi connectivity index (χ2v) is 12.1. The molecule has 1 fully saturated rings. The molecule has 6 heteroatoms. The number of allylic oxidation sites excluding steroid dienone is 3. The van der Waals surface area contributed by atoms with Gasteiger partial charge in [0, 0.05) is 59.7 Å². The Labute approximate surface area is 261 Å². The second-order valence-electron chi connectivity index (χ2n) is 12.1. The minimum atomic E-state index is -0.303. The molecule has 44 heavy (non-hydrogen) atoms. The van der Waals surface area contributed by atoms with Crippen LogP contribution in [0.4, 0.5) is 8.78 Å². The topological polar surface area (TPSA) is 35.9 Å². The molecule has 4 nitrogen and oxygen atoms in total. The third-order valence-electron chi connectivity index (χ3n) is 8.73. The van der Waals surface area contributed by atoms with E-state index in [1.165, 1.54) is 23.8 Å². The fourth-order valence-corrected chi connectivity index (χ4v) is 5.65. The van der Waals surface area contributed by atoms with E-state index in [9.17, 15) is 13.6 Å². The zero-order chi connectivity index (χ0) is 32.0. The highest BCUT2D eigenvalue weighted by Gasteiger charge is 2.28. The van der Waals surface area contributed by atoms with E-state index >= 15 is 0 Å². The first-order chi connectivity index (χ1) is 21.0. The fourth-order valence-electron chi connectivity index (χ4n) is 5.65. The molecule has 1 heterocycles. The molecule has 1 amide bonds. The van der Waals surface area contributed by atoms with Crippen molar-refractivity contribution >= 4 is 11.6 Å². The molecule has 3 aromatic rings. The Morgan fingerprint density at radius 1 is 0.977 bits per heavy atom. The Bertz CT molecular complexity index is 1560. The number of likely N-dealkylation sites (tertiary alicyclic amines) is 1. The van der Waals surface area contributed by atoms with Crippen molar-refractivity contribution in [2.45, 2.75) is 73.4 Å². The number of carbonyl (C=O) groups excluding carboxylic acids is 1. The van der Waals surface area contributed by atoms with Crippen LogP contribution < -0.4 is 0 Å². The van der Waals surface area contributed by atoms with Gasteiger partial charge in [0.2, 0.25) is 0 Å². The predicted molar refractivity (Wildman–Crippen MR) is 177 cm³/mol. The molecule has 1 aliphatic heterocycles. The molecule has 1 saturated heterocycles. The average Bonchev–Trinajstić information content (AvgIpc) is 3.01. The number of amides is 1. The first-order valence-corrected chi connectivity index (χ1v) is 15.6. The fraction of sp³-hybridized carbons (Fsp3) is 0.368. The molecule has 3 aromatic carbocycles. The summed E-state index contributed by atoms with van der Waals surface area (Å²) in [5, 5.41) is 0. The minimum absolute atomic E-state index is 0.00646. The molecule has 4 rings (SSSR count). The van der Waals surface area contributed by atoms with Crippen LogP contribution in [0.25, 0.3) is 0 Å². The van der Waals surface area contributed by atoms with Crippen LogP contribution >= 0.6 is 0 Å². The van der Waals surface area contributed by atoms with Gasteiger partial charge in [-0.25, -0.2) is 8.78 Å². The number of hydrogen-bond acceptors (Lipinski definition) is 3. The summed E-state index contributed by atoms with van der Waals surface area (Å²) >= 11 is 0. The quantitative estimate of drug-likeness (QED) is 0.219. The molecule has 0 N–H and O–H groups in total. The molecule has 232 valence electrons. The lowest BCUT2D eigenvalue weighted by atomic mass is 9.91. The van der Waals surface area contributed by atoms with Gasteiger partial charge >= 0.3 is 0 Å². The predicted octanol–water partition coefficient (Wildman–Crippen LogP) is 9.09. The molecular formula is C38H45F2N3O. The van der Waals surface area contributed by atoms with Crippen molar-refractivity contribution in [3.63, 3.8) is 0 Å². The van der Waals surface area contributed by atoms with Crippen LogP contribution in [0.1, 0.15) is 86.5 Å². The standard InChI is InChI=1S/C38H45F2N3O/c1-8-27(5)41-37(32-12-10-14-35(40)23-32)36-16-15-33(21-26(36)4)38(44)42-19-17-31(18-20-42)29(7)43(28(6)25(2)3)24-30-11-9-13-34(39)22-30/h9-16,21-23,27,31H,7-8,17-20,24H2,1-6H3. The summed E-state index contributed by atoms with van der Waals surface area (Å²) in [6.07, 6.45) is 2.48. The highest BCUT2D eigenvalue weighted by atomic mass is 19.1. The van der Waals surface area contributed by atoms with Gasteiger partial charge in [-0.1, -0.05) is 49.4 Å². The van der Waals surface area contributed by atoms with Gasteiger partial charge in [-0.2, -0.15) is 0 Å². The van der Waals surface area contributed by atoms with Crippen LogP contribution in [-0.2, 0) is 6.54 Å². The second kappa shape index (κ2) is 14.6. The van der Waals surface area contributed by atoms with Crippen molar-refractivity contribution in [3.8, 4) is 0 Å². The van der Waals surface area contributed by atoms with Gasteiger partial charge in [0.25, 0.3) is 5.91 Å². The van der Waals surface area contributed by atoms with Crippen LogP contribution in [0.5, 0.6) is 0 Å². The van der Waals surface area contributed by atoms with Gasteiger partial charge in [0.1, 0.15) is 11.6 Å². The average molecular weight is 598 g/mol. The normalized spacial score (nSPS) is 14.7. The lowest BCUT2D eigenvalue weighted by Crippen LogP contribution is -2.40. The molecule has 0 aromatic heterocycles. The largest absolute Gasteiger partial charge is 0.345 e. The maximum atomic E-state index is 14.1. The summed E-state index contributed by atoms with van der Waals surface area (Å²) < 4.78 is 28.0. The van der Waals surface area contributed by atoms with Gasteiger partial charge in [-0.3, -0.25) is 9.79 Å². The van der Waals surface area contributed by atoms with E-state index in [2.05, 4.69) is 39.2 Å². The molecule has 0 saturated carbocycles. The summed E-state index contributed by atoms with van der Waals surface area (Å²) in [5.74, 6) is -0.322. The van der Waals surface area contributed by atoms with E-state index in [4.69, 9.17) is 4.99 Å². The van der Waals surface area contributed by atoms with Gasteiger partial charge < -0.3 is 9.80 Å². The van der Waals surface area contributed by atoms with Crippen LogP contribution in [0.3, 0.4) is 0 Å². The number of rotatable bonds is 10. The summed E-state index contributed by atoms with van der Waals surface area (Å²) in [6, 6.07) is 19.0. The number of hydrogen-bond donors (Lipinski definition) is 0. The number of piperidine rings is 1. The van der Waals surface area contributed by atoms with Crippen LogP contribution in [-0.4, -0.2) is 40.6 Å². The highest BCUT2D eigenvalue weighted by Crippen LogP contribution is 2.31. The van der Waals surface area contributed by atoms with Gasteiger partial charge in [-0.05, 0) is 101 Å². The van der Waals surface area contributed by atoms with E-state index in [1.54, 1.807) is 18.2 Å². The van der Waals surface area contributed by atoms with E-state index in [0.29, 0.717) is 25.2 Å². The lowest BCUT2D eigenvalue weighted by Gasteiger charge is -2.38. The molecule has 1 atom stereocenters. The molecule has 1 unspecified atom stereocenters. The zero-order valence-electron chi connectivity index (χ0n) is 27.0. The van der Waals surface area contributed by atoms with Crippen LogP contribution in [0.15, 0.2) is 95.3 Å². The van der Waals surface area contributed by atoms with E-state index in [1.807, 2.05) is 49.1 Å². The first kappa shape index (κ1) is 32.8. The zero-order valence-corrected chi connectivity index (χ0v) is 27.0. The highest BCUT2D eigenvalue weighted by molar-refractivity contribution is 6.14. The van der Waals surface area contributed by atoms with Crippen molar-refractivity contribution in [1.82, 2.24) is 9.80 Å². The lowest BCUT2D eigenvalue weighted by molar-refractivity contribution is 0.0693. The van der Waals surface area contributed by atoms with Crippen molar-refractivity contribution in [1.29, 1.82) is 0 Å². The molecule has 0 aliphatic carbocycles. The van der Waals surface area contributed by atoms with E-state index < -0.39 is 0 Å². The van der Waals surface area contributed by atoms with E-state index in [0.717, 1.165) is 58.6 Å². The maximum absolute atomic E-state index is 14.1. The molecule has 1 aliphatic rings. The Morgan fingerprint density at radius 2 is 1.64 bits per heavy atom. The SMILES string of the molecule is C=C(C1CCN(C(=O)c2ccc(C(=NC(C)CC)c3cccc(F)c3)c(C)c2)CC1)N(Cc1cccc(F)c1)C(C)=C(C)C. The monoisotopic (exact) mass is 597 g/mol. The Morgan fingerprint density at radius 3 is 2.23 bits per heavy atom. The third-order valence-corrected chi connectivity index (χ3v) is 8.73. The minimum Gasteiger partial charge on any atom is -0.345 e. The Hall–Kier alpha value is -4.06. The van der Waals surface area contributed by atoms with Gasteiger partial charge in [0.05, 0.1) is 5.71 Å². The van der Waals surface area contributed by atoms with Crippen molar-refractivity contribution in [2.24, 2.45) is 10.9 Å². The van der Waals surface area contributed by atoms with E-state index in [-0.39, 0.29) is 29.5 Å². The van der Waals surface area contributed by atoms with Crippen molar-refractivity contribution in [3.05, 3.63) is 130 Å².